The lowest BCUT2D eigenvalue weighted by atomic mass is 9.96. The van der Waals surface area contributed by atoms with E-state index >= 15 is 8.78 Å². The first-order valence-corrected chi connectivity index (χ1v) is 18.4. The minimum atomic E-state index is -0.769. The minimum absolute atomic E-state index is 0.0117. The number of hydrogen-bond donors (Lipinski definition) is 4. The number of aromatic nitrogens is 4. The second kappa shape index (κ2) is 15.7. The monoisotopic (exact) mass is 751 g/mol. The number of carbonyl (C=O) groups is 3. The van der Waals surface area contributed by atoms with Crippen molar-refractivity contribution in [2.24, 2.45) is 5.92 Å². The molecule has 4 N–H and O–H groups in total. The minimum Gasteiger partial charge on any atom is -0.496 e. The normalized spacial score (nSPS) is 16.3. The number of aryl methyl sites for hydroxylation is 1. The number of nitrogens with zero attached hydrogens (tertiary/aromatic N) is 5. The summed E-state index contributed by atoms with van der Waals surface area (Å²) < 4.78 is 37.6. The largest absolute Gasteiger partial charge is 0.496 e. The Hall–Kier alpha value is -6.12. The zero-order valence-corrected chi connectivity index (χ0v) is 31.1. The van der Waals surface area contributed by atoms with Crippen molar-refractivity contribution in [1.29, 1.82) is 0 Å². The van der Waals surface area contributed by atoms with Crippen LogP contribution in [0.25, 0.3) is 22.3 Å². The van der Waals surface area contributed by atoms with E-state index in [2.05, 4.69) is 41.1 Å². The lowest BCUT2D eigenvalue weighted by molar-refractivity contribution is -0.134. The summed E-state index contributed by atoms with van der Waals surface area (Å²) in [6.45, 7) is 8.25. The van der Waals surface area contributed by atoms with Crippen molar-refractivity contribution in [2.75, 3.05) is 42.3 Å². The van der Waals surface area contributed by atoms with E-state index in [4.69, 9.17) is 4.74 Å². The average molecular weight is 752 g/mol. The van der Waals surface area contributed by atoms with Crippen LogP contribution in [0.1, 0.15) is 61.8 Å². The van der Waals surface area contributed by atoms with Crippen LogP contribution >= 0.6 is 0 Å². The maximum Gasteiger partial charge on any atom is 0.255 e. The van der Waals surface area contributed by atoms with Gasteiger partial charge >= 0.3 is 0 Å². The smallest absolute Gasteiger partial charge is 0.255 e. The molecule has 55 heavy (non-hydrogen) atoms. The zero-order valence-electron chi connectivity index (χ0n) is 31.1. The van der Waals surface area contributed by atoms with Gasteiger partial charge < -0.3 is 30.2 Å². The van der Waals surface area contributed by atoms with E-state index in [1.54, 1.807) is 12.1 Å². The van der Waals surface area contributed by atoms with Crippen LogP contribution in [0.5, 0.6) is 5.75 Å². The van der Waals surface area contributed by atoms with Crippen molar-refractivity contribution in [3.05, 3.63) is 83.8 Å². The standard InChI is InChI=1S/C40H43F2N9O4/c1-22(2)51-23(3)45-37-30(41)17-25(18-33(37)51)36-31(42)21-44-40(49-36)46-27-7-5-26(6-8-27)43-20-24-13-15-50(16-14-24)28-9-10-29(34(19-28)55-4)38(53)47-32-11-12-35(52)48-39(32)54/h5-10,17-19,21-22,24,32,43H,11-16,20H2,1-4H3,(H,47,53)(H,44,46,49)(H,48,52,54)/t32-/m0/s1. The molecule has 13 nitrogen and oxygen atoms in total. The summed E-state index contributed by atoms with van der Waals surface area (Å²) in [5.41, 5.74) is 4.03. The van der Waals surface area contributed by atoms with Gasteiger partial charge in [0.1, 0.15) is 28.8 Å². The van der Waals surface area contributed by atoms with E-state index in [0.29, 0.717) is 39.8 Å². The molecule has 2 aliphatic rings. The lowest BCUT2D eigenvalue weighted by Crippen LogP contribution is -2.52. The van der Waals surface area contributed by atoms with Gasteiger partial charge in [-0.05, 0) is 94.5 Å². The van der Waals surface area contributed by atoms with Gasteiger partial charge in [0.15, 0.2) is 11.6 Å². The number of halogens is 2. The van der Waals surface area contributed by atoms with Gasteiger partial charge in [-0.15, -0.1) is 0 Å². The van der Waals surface area contributed by atoms with Crippen LogP contribution in [0, 0.1) is 24.5 Å². The second-order valence-corrected chi connectivity index (χ2v) is 14.2. The number of fused-ring (bicyclic) bond motifs is 1. The van der Waals surface area contributed by atoms with Crippen LogP contribution in [-0.2, 0) is 9.59 Å². The number of ether oxygens (including phenoxy) is 1. The van der Waals surface area contributed by atoms with Crippen molar-refractivity contribution in [3.8, 4) is 17.0 Å². The molecule has 286 valence electrons. The first-order valence-electron chi connectivity index (χ1n) is 18.4. The predicted molar refractivity (Wildman–Crippen MR) is 206 cm³/mol. The molecule has 3 amide bonds. The fraction of sp³-hybridized carbons (Fsp3) is 0.350. The highest BCUT2D eigenvalue weighted by Crippen LogP contribution is 2.32. The highest BCUT2D eigenvalue weighted by molar-refractivity contribution is 6.04. The number of imide groups is 1. The van der Waals surface area contributed by atoms with Crippen LogP contribution in [0.3, 0.4) is 0 Å². The molecule has 0 spiro atoms. The maximum atomic E-state index is 15.1. The zero-order chi connectivity index (χ0) is 38.8. The first-order chi connectivity index (χ1) is 26.5. The van der Waals surface area contributed by atoms with Gasteiger partial charge in [0, 0.05) is 60.8 Å². The molecule has 3 aromatic carbocycles. The Bertz CT molecular complexity index is 2250. The van der Waals surface area contributed by atoms with Gasteiger partial charge in [0.2, 0.25) is 17.8 Å². The highest BCUT2D eigenvalue weighted by Gasteiger charge is 2.29. The van der Waals surface area contributed by atoms with Crippen LogP contribution in [0.15, 0.2) is 60.8 Å². The van der Waals surface area contributed by atoms with Crippen LogP contribution in [0.4, 0.5) is 31.8 Å². The maximum absolute atomic E-state index is 15.1. The molecule has 0 unspecified atom stereocenters. The van der Waals surface area contributed by atoms with Crippen LogP contribution in [-0.4, -0.2) is 70.0 Å². The molecule has 2 aliphatic heterocycles. The molecule has 4 heterocycles. The summed E-state index contributed by atoms with van der Waals surface area (Å²) in [4.78, 5) is 51.7. The molecule has 7 rings (SSSR count). The van der Waals surface area contributed by atoms with Crippen molar-refractivity contribution >= 4 is 51.8 Å². The molecule has 0 bridgehead atoms. The van der Waals surface area contributed by atoms with Gasteiger partial charge in [-0.25, -0.2) is 23.7 Å². The number of piperidine rings is 2. The van der Waals surface area contributed by atoms with Gasteiger partial charge in [-0.1, -0.05) is 0 Å². The predicted octanol–water partition coefficient (Wildman–Crippen LogP) is 6.28. The van der Waals surface area contributed by atoms with Gasteiger partial charge in [-0.3, -0.25) is 19.7 Å². The average Bonchev–Trinajstić information content (AvgIpc) is 3.52. The Morgan fingerprint density at radius 3 is 2.44 bits per heavy atom. The number of amides is 3. The van der Waals surface area contributed by atoms with E-state index in [9.17, 15) is 14.4 Å². The Morgan fingerprint density at radius 2 is 1.73 bits per heavy atom. The van der Waals surface area contributed by atoms with E-state index in [-0.39, 0.29) is 41.9 Å². The molecule has 15 heteroatoms. The molecule has 0 saturated carbocycles. The summed E-state index contributed by atoms with van der Waals surface area (Å²) in [5, 5.41) is 11.6. The third kappa shape index (κ3) is 8.05. The highest BCUT2D eigenvalue weighted by atomic mass is 19.1. The number of anilines is 4. The summed E-state index contributed by atoms with van der Waals surface area (Å²) in [5.74, 6) is -0.760. The topological polar surface area (TPSA) is 155 Å². The number of benzene rings is 3. The Kier molecular flexibility index (Phi) is 10.6. The number of nitrogens with one attached hydrogen (secondary N) is 4. The number of methoxy groups -OCH3 is 1. The number of rotatable bonds is 11. The van der Waals surface area contributed by atoms with Crippen molar-refractivity contribution in [1.82, 2.24) is 30.2 Å². The van der Waals surface area contributed by atoms with E-state index in [0.717, 1.165) is 50.0 Å². The summed E-state index contributed by atoms with van der Waals surface area (Å²) in [6, 6.07) is 15.3. The third-order valence-electron chi connectivity index (χ3n) is 10.1. The van der Waals surface area contributed by atoms with Crippen molar-refractivity contribution in [2.45, 2.75) is 58.5 Å². The molecule has 2 aromatic heterocycles. The first kappa shape index (κ1) is 37.2. The molecule has 0 radical (unpaired) electrons. The fourth-order valence-electron chi connectivity index (χ4n) is 7.28. The second-order valence-electron chi connectivity index (χ2n) is 14.2. The molecule has 0 aliphatic carbocycles. The quantitative estimate of drug-likeness (QED) is 0.113. The van der Waals surface area contributed by atoms with E-state index in [1.807, 2.05) is 61.7 Å². The molecule has 5 aromatic rings. The summed E-state index contributed by atoms with van der Waals surface area (Å²) in [6.07, 6.45) is 3.44. The number of hydrogen-bond acceptors (Lipinski definition) is 10. The molecular weight excluding hydrogens is 708 g/mol. The van der Waals surface area contributed by atoms with E-state index < -0.39 is 29.5 Å². The number of imidazole rings is 1. The van der Waals surface area contributed by atoms with Crippen LogP contribution < -0.4 is 30.9 Å². The summed E-state index contributed by atoms with van der Waals surface area (Å²) in [7, 11) is 1.51. The Labute approximate surface area is 316 Å². The third-order valence-corrected chi connectivity index (χ3v) is 10.1. The van der Waals surface area contributed by atoms with Gasteiger partial charge in [0.05, 0.1) is 24.4 Å². The van der Waals surface area contributed by atoms with Crippen molar-refractivity contribution < 1.29 is 27.9 Å². The Morgan fingerprint density at radius 1 is 0.982 bits per heavy atom. The number of carbonyl (C=O) groups excluding carboxylic acids is 3. The van der Waals surface area contributed by atoms with Gasteiger partial charge in [-0.2, -0.15) is 0 Å². The van der Waals surface area contributed by atoms with Crippen LogP contribution in [0.2, 0.25) is 0 Å². The molecule has 2 fully saturated rings. The summed E-state index contributed by atoms with van der Waals surface area (Å²) >= 11 is 0. The fourth-order valence-corrected chi connectivity index (χ4v) is 7.28. The van der Waals surface area contributed by atoms with Gasteiger partial charge in [0.25, 0.3) is 5.91 Å². The van der Waals surface area contributed by atoms with E-state index in [1.165, 1.54) is 13.2 Å². The van der Waals surface area contributed by atoms with Crippen molar-refractivity contribution in [3.63, 3.8) is 0 Å². The molecular formula is C40H43F2N9O4. The SMILES string of the molecule is COc1cc(N2CCC(CNc3ccc(Nc4ncc(F)c(-c5cc(F)c6nc(C)n(C(C)C)c6c5)n4)cc3)CC2)ccc1C(=O)N[C@H]1CCC(=O)NC1=O. The Balaban J connectivity index is 0.922. The molecule has 2 saturated heterocycles. The lowest BCUT2D eigenvalue weighted by Gasteiger charge is -2.34. The molecule has 1 atom stereocenters.